The fourth-order valence-electron chi connectivity index (χ4n) is 0.360. The number of hydrogen-bond acceptors (Lipinski definition) is 4. The van der Waals surface area contributed by atoms with Gasteiger partial charge in [0.25, 0.3) is 0 Å². The molecule has 0 aliphatic heterocycles. The Morgan fingerprint density at radius 3 is 2.40 bits per heavy atom. The number of nitriles is 1. The third-order valence-corrected chi connectivity index (χ3v) is 0.802. The summed E-state index contributed by atoms with van der Waals surface area (Å²) >= 11 is 0. The Balaban J connectivity index is 4.24. The largest absolute Gasteiger partial charge is 0.489 e. The Kier molecular flexibility index (Phi) is 3.73. The maximum Gasteiger partial charge on any atom is 0.374 e. The van der Waals surface area contributed by atoms with Crippen molar-refractivity contribution >= 4 is 5.97 Å². The zero-order valence-electron chi connectivity index (χ0n) is 5.75. The molecule has 0 unspecified atom stereocenters. The highest BCUT2D eigenvalue weighted by atomic mass is 16.6. The van der Waals surface area contributed by atoms with Crippen LogP contribution in [0.4, 0.5) is 0 Å². The Bertz CT molecular complexity index is 190. The third kappa shape index (κ3) is 2.18. The van der Waals surface area contributed by atoms with E-state index in [0.29, 0.717) is 0 Å². The van der Waals surface area contributed by atoms with Crippen LogP contribution >= 0.6 is 0 Å². The van der Waals surface area contributed by atoms with Gasteiger partial charge in [-0.15, -0.1) is 0 Å². The molecule has 0 bridgehead atoms. The van der Waals surface area contributed by atoms with Crippen LogP contribution in [-0.2, 0) is 14.3 Å². The van der Waals surface area contributed by atoms with Crippen molar-refractivity contribution < 1.29 is 14.3 Å². The molecule has 10 heavy (non-hydrogen) atoms. The maximum absolute atomic E-state index is 10.6. The number of carbonyl (C=O) groups is 1. The first-order valence-corrected chi connectivity index (χ1v) is 2.48. The average Bonchev–Trinajstić information content (AvgIpc) is 1.99. The van der Waals surface area contributed by atoms with Crippen molar-refractivity contribution in [1.29, 1.82) is 5.26 Å². The van der Waals surface area contributed by atoms with Crippen LogP contribution in [0.5, 0.6) is 0 Å². The second-order valence-electron chi connectivity index (χ2n) is 1.33. The average molecular weight is 141 g/mol. The van der Waals surface area contributed by atoms with E-state index in [0.717, 1.165) is 6.08 Å². The molecule has 0 aromatic heterocycles. The first-order chi connectivity index (χ1) is 4.76. The minimum Gasteiger partial charge on any atom is -0.489 e. The summed E-state index contributed by atoms with van der Waals surface area (Å²) in [5.74, 6) is -0.742. The highest BCUT2D eigenvalue weighted by Crippen LogP contribution is 1.95. The highest BCUT2D eigenvalue weighted by Gasteiger charge is 2.07. The molecule has 0 N–H and O–H groups in total. The van der Waals surface area contributed by atoms with Crippen molar-refractivity contribution in [2.75, 3.05) is 14.2 Å². The van der Waals surface area contributed by atoms with Crippen molar-refractivity contribution in [2.24, 2.45) is 0 Å². The maximum atomic E-state index is 10.6. The van der Waals surface area contributed by atoms with E-state index in [1.165, 1.54) is 14.2 Å². The summed E-state index contributed by atoms with van der Waals surface area (Å²) in [6, 6.07) is 1.65. The van der Waals surface area contributed by atoms with Gasteiger partial charge < -0.3 is 9.47 Å². The van der Waals surface area contributed by atoms with Gasteiger partial charge in [0.15, 0.2) is 0 Å². The van der Waals surface area contributed by atoms with Crippen molar-refractivity contribution in [1.82, 2.24) is 0 Å². The van der Waals surface area contributed by atoms with Crippen molar-refractivity contribution in [3.05, 3.63) is 11.8 Å². The first-order valence-electron chi connectivity index (χ1n) is 2.48. The highest BCUT2D eigenvalue weighted by molar-refractivity contribution is 5.86. The third-order valence-electron chi connectivity index (χ3n) is 0.802. The van der Waals surface area contributed by atoms with Crippen molar-refractivity contribution in [3.63, 3.8) is 0 Å². The van der Waals surface area contributed by atoms with E-state index in [-0.39, 0.29) is 5.76 Å². The van der Waals surface area contributed by atoms with Crippen LogP contribution in [0, 0.1) is 11.3 Å². The second kappa shape index (κ2) is 4.39. The lowest BCUT2D eigenvalue weighted by Gasteiger charge is -1.99. The van der Waals surface area contributed by atoms with Gasteiger partial charge in [-0.2, -0.15) is 5.26 Å². The van der Waals surface area contributed by atoms with Crippen LogP contribution in [0.1, 0.15) is 0 Å². The molecule has 0 aliphatic carbocycles. The number of nitrogens with zero attached hydrogens (tertiary/aromatic N) is 1. The molecule has 0 aromatic carbocycles. The van der Waals surface area contributed by atoms with Crippen LogP contribution in [0.3, 0.4) is 0 Å². The zero-order chi connectivity index (χ0) is 7.98. The molecule has 0 aliphatic rings. The van der Waals surface area contributed by atoms with Gasteiger partial charge in [0.05, 0.1) is 26.4 Å². The molecule has 0 radical (unpaired) electrons. The summed E-state index contributed by atoms with van der Waals surface area (Å²) in [4.78, 5) is 10.6. The van der Waals surface area contributed by atoms with Crippen molar-refractivity contribution in [2.45, 2.75) is 0 Å². The molecule has 54 valence electrons. The molecule has 0 fully saturated rings. The van der Waals surface area contributed by atoms with E-state index in [2.05, 4.69) is 9.47 Å². The number of carbonyl (C=O) groups excluding carboxylic acids is 1. The van der Waals surface area contributed by atoms with Gasteiger partial charge in [-0.3, -0.25) is 0 Å². The molecule has 4 heteroatoms. The fourth-order valence-corrected chi connectivity index (χ4v) is 0.360. The number of methoxy groups -OCH3 is 2. The number of esters is 1. The smallest absolute Gasteiger partial charge is 0.374 e. The van der Waals surface area contributed by atoms with Crippen LogP contribution < -0.4 is 0 Å². The number of rotatable bonds is 2. The minimum absolute atomic E-state index is 0.0926. The lowest BCUT2D eigenvalue weighted by molar-refractivity contribution is -0.139. The van der Waals surface area contributed by atoms with Crippen molar-refractivity contribution in [3.8, 4) is 6.07 Å². The molecule has 4 nitrogen and oxygen atoms in total. The molecular formula is C6H7NO3. The van der Waals surface area contributed by atoms with Gasteiger partial charge >= 0.3 is 5.97 Å². The molecule has 0 spiro atoms. The quantitative estimate of drug-likeness (QED) is 0.239. The van der Waals surface area contributed by atoms with Gasteiger partial charge in [-0.1, -0.05) is 0 Å². The fraction of sp³-hybridized carbons (Fsp3) is 0.333. The predicted octanol–water partition coefficient (Wildman–Crippen LogP) is 0.213. The molecule has 0 heterocycles. The van der Waals surface area contributed by atoms with Gasteiger partial charge in [0.1, 0.15) is 0 Å². The van der Waals surface area contributed by atoms with E-state index in [9.17, 15) is 4.79 Å². The summed E-state index contributed by atoms with van der Waals surface area (Å²) in [6.45, 7) is 0. The molecule has 0 aromatic rings. The Labute approximate surface area is 58.7 Å². The number of allylic oxidation sites excluding steroid dienone is 1. The van der Waals surface area contributed by atoms with Gasteiger partial charge in [0, 0.05) is 0 Å². The lowest BCUT2D eigenvalue weighted by Crippen LogP contribution is -2.05. The Morgan fingerprint density at radius 1 is 1.50 bits per heavy atom. The van der Waals surface area contributed by atoms with E-state index in [4.69, 9.17) is 5.26 Å². The summed E-state index contributed by atoms with van der Waals surface area (Å²) in [5.41, 5.74) is 0. The summed E-state index contributed by atoms with van der Waals surface area (Å²) < 4.78 is 8.78. The van der Waals surface area contributed by atoms with Gasteiger partial charge in [0.2, 0.25) is 5.76 Å². The monoisotopic (exact) mass is 141 g/mol. The van der Waals surface area contributed by atoms with Crippen LogP contribution in [0.15, 0.2) is 11.8 Å². The van der Waals surface area contributed by atoms with Gasteiger partial charge in [-0.25, -0.2) is 4.79 Å². The van der Waals surface area contributed by atoms with E-state index in [1.54, 1.807) is 6.07 Å². The number of ether oxygens (including phenoxy) is 2. The number of hydrogen-bond donors (Lipinski definition) is 0. The summed E-state index contributed by atoms with van der Waals surface area (Å²) in [7, 11) is 2.51. The van der Waals surface area contributed by atoms with Crippen LogP contribution in [-0.4, -0.2) is 20.2 Å². The van der Waals surface area contributed by atoms with Crippen LogP contribution in [0.25, 0.3) is 0 Å². The molecule has 0 atom stereocenters. The van der Waals surface area contributed by atoms with E-state index < -0.39 is 5.97 Å². The molecular weight excluding hydrogens is 134 g/mol. The molecule has 0 saturated heterocycles. The summed E-state index contributed by atoms with van der Waals surface area (Å²) in [5, 5.41) is 8.10. The molecule has 0 saturated carbocycles. The summed E-state index contributed by atoms with van der Waals surface area (Å²) in [6.07, 6.45) is 0.978. The van der Waals surface area contributed by atoms with Crippen LogP contribution in [0.2, 0.25) is 0 Å². The first kappa shape index (κ1) is 8.50. The second-order valence-corrected chi connectivity index (χ2v) is 1.33. The SMILES string of the molecule is COC(=O)C(=CC#N)OC. The van der Waals surface area contributed by atoms with Gasteiger partial charge in [-0.05, 0) is 0 Å². The lowest BCUT2D eigenvalue weighted by atomic mass is 10.5. The minimum atomic E-state index is -0.649. The molecule has 0 rings (SSSR count). The predicted molar refractivity (Wildman–Crippen MR) is 32.7 cm³/mol. The standard InChI is InChI=1S/C6H7NO3/c1-9-5(3-4-7)6(8)10-2/h3H,1-2H3. The topological polar surface area (TPSA) is 59.3 Å². The Morgan fingerprint density at radius 2 is 2.10 bits per heavy atom. The van der Waals surface area contributed by atoms with E-state index in [1.807, 2.05) is 0 Å². The normalized spacial score (nSPS) is 9.90. The van der Waals surface area contributed by atoms with E-state index >= 15 is 0 Å². The molecule has 0 amide bonds. The Hall–Kier alpha value is -1.50. The zero-order valence-corrected chi connectivity index (χ0v) is 5.75.